The summed E-state index contributed by atoms with van der Waals surface area (Å²) in [6, 6.07) is 0. The van der Waals surface area contributed by atoms with E-state index in [9.17, 15) is 0 Å². The largest absolute Gasteiger partial charge is 0.384 e. The van der Waals surface area contributed by atoms with Crippen molar-refractivity contribution < 1.29 is 4.74 Å². The van der Waals surface area contributed by atoms with Crippen LogP contribution >= 0.6 is 0 Å². The third-order valence-corrected chi connectivity index (χ3v) is 2.54. The van der Waals surface area contributed by atoms with Crippen LogP contribution in [-0.2, 0) is 11.3 Å². The van der Waals surface area contributed by atoms with Crippen molar-refractivity contribution in [1.29, 1.82) is 0 Å². The van der Waals surface area contributed by atoms with Crippen molar-refractivity contribution >= 4 is 5.82 Å². The monoisotopic (exact) mass is 211 g/mol. The average Bonchev–Trinajstić information content (AvgIpc) is 2.57. The molecule has 1 unspecified atom stereocenters. The maximum absolute atomic E-state index is 6.02. The minimum Gasteiger partial charge on any atom is -0.384 e. The van der Waals surface area contributed by atoms with Crippen molar-refractivity contribution in [3.05, 3.63) is 12.0 Å². The van der Waals surface area contributed by atoms with Crippen LogP contribution in [0.25, 0.3) is 0 Å². The summed E-state index contributed by atoms with van der Waals surface area (Å²) in [6.07, 6.45) is 4.13. The van der Waals surface area contributed by atoms with Crippen LogP contribution in [-0.4, -0.2) is 23.3 Å². The minimum absolute atomic E-state index is 0.262. The van der Waals surface area contributed by atoms with Gasteiger partial charge in [-0.05, 0) is 6.42 Å². The minimum atomic E-state index is 0.262. The van der Waals surface area contributed by atoms with Crippen LogP contribution in [0.3, 0.4) is 0 Å². The standard InChI is InChI=1S/C11H21N3O/c1-4-5-6-14-8-13-10(11(14)12)9(2)7-15-3/h8-9H,4-7,12H2,1-3H3. The molecular weight excluding hydrogens is 190 g/mol. The number of ether oxygens (including phenoxy) is 1. The summed E-state index contributed by atoms with van der Waals surface area (Å²) in [5, 5.41) is 0. The van der Waals surface area contributed by atoms with E-state index in [1.165, 1.54) is 6.42 Å². The first-order valence-corrected chi connectivity index (χ1v) is 5.50. The van der Waals surface area contributed by atoms with Gasteiger partial charge in [0.25, 0.3) is 0 Å². The van der Waals surface area contributed by atoms with Crippen LogP contribution in [0, 0.1) is 0 Å². The van der Waals surface area contributed by atoms with Gasteiger partial charge in [0, 0.05) is 19.6 Å². The zero-order chi connectivity index (χ0) is 11.3. The summed E-state index contributed by atoms with van der Waals surface area (Å²) < 4.78 is 7.12. The molecule has 2 N–H and O–H groups in total. The molecule has 0 radical (unpaired) electrons. The number of imidazole rings is 1. The third kappa shape index (κ3) is 2.96. The van der Waals surface area contributed by atoms with E-state index >= 15 is 0 Å². The summed E-state index contributed by atoms with van der Waals surface area (Å²) in [7, 11) is 1.70. The normalized spacial score (nSPS) is 13.0. The predicted molar refractivity (Wildman–Crippen MR) is 61.8 cm³/mol. The first kappa shape index (κ1) is 12.0. The van der Waals surface area contributed by atoms with Gasteiger partial charge in [-0.15, -0.1) is 0 Å². The number of aromatic nitrogens is 2. The smallest absolute Gasteiger partial charge is 0.126 e. The maximum atomic E-state index is 6.02. The lowest BCUT2D eigenvalue weighted by Gasteiger charge is -2.09. The Hall–Kier alpha value is -1.03. The Kier molecular flexibility index (Phi) is 4.62. The van der Waals surface area contributed by atoms with Gasteiger partial charge in [0.15, 0.2) is 0 Å². The molecule has 1 aromatic rings. The van der Waals surface area contributed by atoms with Crippen LogP contribution in [0.15, 0.2) is 6.33 Å². The van der Waals surface area contributed by atoms with E-state index in [1.54, 1.807) is 7.11 Å². The summed E-state index contributed by atoms with van der Waals surface area (Å²) >= 11 is 0. The van der Waals surface area contributed by atoms with E-state index in [4.69, 9.17) is 10.5 Å². The molecule has 4 heteroatoms. The summed E-state index contributed by atoms with van der Waals surface area (Å²) in [5.41, 5.74) is 6.97. The first-order chi connectivity index (χ1) is 7.20. The van der Waals surface area contributed by atoms with Gasteiger partial charge in [0.05, 0.1) is 18.6 Å². The number of nitrogen functional groups attached to an aromatic ring is 1. The lowest BCUT2D eigenvalue weighted by molar-refractivity contribution is 0.183. The molecule has 0 bridgehead atoms. The van der Waals surface area contributed by atoms with Gasteiger partial charge in [0.1, 0.15) is 5.82 Å². The second-order valence-electron chi connectivity index (χ2n) is 3.92. The van der Waals surface area contributed by atoms with Crippen LogP contribution < -0.4 is 5.73 Å². The van der Waals surface area contributed by atoms with E-state index in [0.717, 1.165) is 24.5 Å². The molecular formula is C11H21N3O. The number of anilines is 1. The van der Waals surface area contributed by atoms with Crippen LogP contribution in [0.1, 0.15) is 38.3 Å². The van der Waals surface area contributed by atoms with Crippen molar-refractivity contribution in [2.75, 3.05) is 19.5 Å². The molecule has 1 atom stereocenters. The molecule has 0 aliphatic carbocycles. The topological polar surface area (TPSA) is 53.1 Å². The second kappa shape index (κ2) is 5.75. The number of methoxy groups -OCH3 is 1. The zero-order valence-electron chi connectivity index (χ0n) is 9.86. The quantitative estimate of drug-likeness (QED) is 0.783. The molecule has 0 fully saturated rings. The molecule has 0 saturated heterocycles. The van der Waals surface area contributed by atoms with Crippen molar-refractivity contribution in [3.8, 4) is 0 Å². The van der Waals surface area contributed by atoms with E-state index < -0.39 is 0 Å². The van der Waals surface area contributed by atoms with Gasteiger partial charge < -0.3 is 15.0 Å². The van der Waals surface area contributed by atoms with Crippen molar-refractivity contribution in [3.63, 3.8) is 0 Å². The highest BCUT2D eigenvalue weighted by Gasteiger charge is 2.14. The molecule has 0 aliphatic rings. The van der Waals surface area contributed by atoms with Gasteiger partial charge in [-0.1, -0.05) is 20.3 Å². The Bertz CT molecular complexity index is 296. The first-order valence-electron chi connectivity index (χ1n) is 5.50. The van der Waals surface area contributed by atoms with Gasteiger partial charge >= 0.3 is 0 Å². The van der Waals surface area contributed by atoms with E-state index in [1.807, 2.05) is 10.9 Å². The fourth-order valence-corrected chi connectivity index (χ4v) is 1.62. The molecule has 1 aromatic heterocycles. The molecule has 1 rings (SSSR count). The van der Waals surface area contributed by atoms with Gasteiger partial charge in [-0.25, -0.2) is 4.98 Å². The van der Waals surface area contributed by atoms with E-state index in [0.29, 0.717) is 6.61 Å². The van der Waals surface area contributed by atoms with Crippen LogP contribution in [0.5, 0.6) is 0 Å². The SMILES string of the molecule is CCCCn1cnc(C(C)COC)c1N. The molecule has 0 amide bonds. The zero-order valence-corrected chi connectivity index (χ0v) is 9.86. The molecule has 4 nitrogen and oxygen atoms in total. The Morgan fingerprint density at radius 2 is 2.33 bits per heavy atom. The molecule has 0 spiro atoms. The number of nitrogens with zero attached hydrogens (tertiary/aromatic N) is 2. The number of hydrogen-bond acceptors (Lipinski definition) is 3. The molecule has 15 heavy (non-hydrogen) atoms. The highest BCUT2D eigenvalue weighted by molar-refractivity contribution is 5.38. The molecule has 0 saturated carbocycles. The van der Waals surface area contributed by atoms with Crippen LogP contribution in [0.2, 0.25) is 0 Å². The second-order valence-corrected chi connectivity index (χ2v) is 3.92. The Balaban J connectivity index is 2.70. The molecule has 0 aromatic carbocycles. The number of unbranched alkanes of at least 4 members (excludes halogenated alkanes) is 1. The fraction of sp³-hybridized carbons (Fsp3) is 0.727. The summed E-state index contributed by atoms with van der Waals surface area (Å²) in [5.74, 6) is 1.05. The predicted octanol–water partition coefficient (Wildman–Crippen LogP) is 2.02. The fourth-order valence-electron chi connectivity index (χ4n) is 1.62. The van der Waals surface area contributed by atoms with E-state index in [2.05, 4.69) is 18.8 Å². The summed E-state index contributed by atoms with van der Waals surface area (Å²) in [6.45, 7) is 5.86. The van der Waals surface area contributed by atoms with Crippen molar-refractivity contribution in [1.82, 2.24) is 9.55 Å². The van der Waals surface area contributed by atoms with Crippen LogP contribution in [0.4, 0.5) is 5.82 Å². The highest BCUT2D eigenvalue weighted by Crippen LogP contribution is 2.20. The average molecular weight is 211 g/mol. The van der Waals surface area contributed by atoms with Gasteiger partial charge in [0.2, 0.25) is 0 Å². The lowest BCUT2D eigenvalue weighted by Crippen LogP contribution is -2.08. The van der Waals surface area contributed by atoms with Crippen molar-refractivity contribution in [2.24, 2.45) is 0 Å². The number of aryl methyl sites for hydroxylation is 1. The highest BCUT2D eigenvalue weighted by atomic mass is 16.5. The van der Waals surface area contributed by atoms with Gasteiger partial charge in [-0.3, -0.25) is 0 Å². The number of hydrogen-bond donors (Lipinski definition) is 1. The van der Waals surface area contributed by atoms with Gasteiger partial charge in [-0.2, -0.15) is 0 Å². The Labute approximate surface area is 91.4 Å². The van der Waals surface area contributed by atoms with Crippen molar-refractivity contribution in [2.45, 2.75) is 39.2 Å². The third-order valence-electron chi connectivity index (χ3n) is 2.54. The van der Waals surface area contributed by atoms with E-state index in [-0.39, 0.29) is 5.92 Å². The maximum Gasteiger partial charge on any atom is 0.126 e. The lowest BCUT2D eigenvalue weighted by atomic mass is 10.1. The Morgan fingerprint density at radius 1 is 1.60 bits per heavy atom. The molecule has 86 valence electrons. The molecule has 1 heterocycles. The number of nitrogens with two attached hydrogens (primary N) is 1. The number of rotatable bonds is 6. The summed E-state index contributed by atoms with van der Waals surface area (Å²) in [4.78, 5) is 4.35. The Morgan fingerprint density at radius 3 is 2.93 bits per heavy atom. The molecule has 0 aliphatic heterocycles.